The topological polar surface area (TPSA) is 90.0 Å². The summed E-state index contributed by atoms with van der Waals surface area (Å²) in [4.78, 5) is 32.7. The van der Waals surface area contributed by atoms with Gasteiger partial charge < -0.3 is 19.5 Å². The molecule has 40 heavy (non-hydrogen) atoms. The summed E-state index contributed by atoms with van der Waals surface area (Å²) in [6.07, 6.45) is 2.00. The van der Waals surface area contributed by atoms with Crippen molar-refractivity contribution < 1.29 is 23.8 Å². The number of hydrogen-bond acceptors (Lipinski definition) is 6. The second kappa shape index (κ2) is 12.4. The van der Waals surface area contributed by atoms with Crippen LogP contribution in [-0.4, -0.2) is 59.8 Å². The molecule has 212 valence electrons. The van der Waals surface area contributed by atoms with E-state index < -0.39 is 23.8 Å². The number of nitrogens with zero attached hydrogens (tertiary/aromatic N) is 2. The Hall–Kier alpha value is -4.07. The number of likely N-dealkylation sites (tertiary alicyclic amines) is 1. The molecule has 0 aliphatic carbocycles. The van der Waals surface area contributed by atoms with Crippen molar-refractivity contribution in [2.75, 3.05) is 20.2 Å². The van der Waals surface area contributed by atoms with Crippen LogP contribution in [0.2, 0.25) is 0 Å². The molecule has 1 saturated heterocycles. The van der Waals surface area contributed by atoms with Crippen molar-refractivity contribution >= 4 is 22.9 Å². The minimum absolute atomic E-state index is 0.219. The van der Waals surface area contributed by atoms with Crippen LogP contribution >= 0.6 is 0 Å². The summed E-state index contributed by atoms with van der Waals surface area (Å²) < 4.78 is 17.6. The molecular formula is C32H39N3O5. The van der Waals surface area contributed by atoms with Crippen LogP contribution in [0.1, 0.15) is 40.5 Å². The molecule has 1 N–H and O–H groups in total. The Morgan fingerprint density at radius 3 is 2.60 bits per heavy atom. The molecule has 1 aliphatic heterocycles. The first kappa shape index (κ1) is 28.9. The average Bonchev–Trinajstić information content (AvgIpc) is 3.36. The van der Waals surface area contributed by atoms with Gasteiger partial charge in [0.15, 0.2) is 0 Å². The van der Waals surface area contributed by atoms with E-state index in [0.717, 1.165) is 28.6 Å². The number of fused-ring (bicyclic) bond motifs is 1. The number of allylic oxidation sites excluding steroid dienone is 1. The highest BCUT2D eigenvalue weighted by molar-refractivity contribution is 5.89. The van der Waals surface area contributed by atoms with Gasteiger partial charge >= 0.3 is 6.09 Å². The number of methoxy groups -OCH3 is 1. The molecule has 2 heterocycles. The van der Waals surface area contributed by atoms with E-state index in [1.807, 2.05) is 88.4 Å². The van der Waals surface area contributed by atoms with Crippen molar-refractivity contribution in [3.8, 4) is 22.8 Å². The predicted octanol–water partition coefficient (Wildman–Crippen LogP) is 6.00. The Morgan fingerprint density at radius 2 is 1.93 bits per heavy atom. The van der Waals surface area contributed by atoms with Gasteiger partial charge in [-0.2, -0.15) is 0 Å². The SMILES string of the molecule is C=C[C@@H](C)CCNC(=O)[C@@H]1C[C@@H](Oc2cc(-c3ccccc3)nc3cc(OC)ccc23)CN1C(=O)OC(C)(C)C. The first-order chi connectivity index (χ1) is 19.1. The number of ether oxygens (including phenoxy) is 3. The van der Waals surface area contributed by atoms with Crippen LogP contribution in [0, 0.1) is 5.92 Å². The van der Waals surface area contributed by atoms with Gasteiger partial charge in [0.1, 0.15) is 29.2 Å². The van der Waals surface area contributed by atoms with Gasteiger partial charge in [-0.1, -0.05) is 43.3 Å². The lowest BCUT2D eigenvalue weighted by Gasteiger charge is -2.27. The fraction of sp³-hybridized carbons (Fsp3) is 0.406. The fourth-order valence-corrected chi connectivity index (χ4v) is 4.65. The maximum absolute atomic E-state index is 13.2. The van der Waals surface area contributed by atoms with Crippen LogP contribution in [0.3, 0.4) is 0 Å². The highest BCUT2D eigenvalue weighted by atomic mass is 16.6. The van der Waals surface area contributed by atoms with Gasteiger partial charge in [0.25, 0.3) is 0 Å². The summed E-state index contributed by atoms with van der Waals surface area (Å²) >= 11 is 0. The highest BCUT2D eigenvalue weighted by Gasteiger charge is 2.42. The number of nitrogens with one attached hydrogen (secondary N) is 1. The second-order valence-electron chi connectivity index (χ2n) is 11.2. The lowest BCUT2D eigenvalue weighted by atomic mass is 10.1. The fourth-order valence-electron chi connectivity index (χ4n) is 4.65. The molecule has 8 nitrogen and oxygen atoms in total. The van der Waals surface area contributed by atoms with Crippen molar-refractivity contribution in [2.24, 2.45) is 5.92 Å². The summed E-state index contributed by atoms with van der Waals surface area (Å²) in [6, 6.07) is 16.7. The number of hydrogen-bond donors (Lipinski definition) is 1. The summed E-state index contributed by atoms with van der Waals surface area (Å²) in [5.74, 6) is 1.37. The van der Waals surface area contributed by atoms with Crippen molar-refractivity contribution in [1.29, 1.82) is 0 Å². The van der Waals surface area contributed by atoms with Crippen molar-refractivity contribution in [3.05, 3.63) is 67.3 Å². The molecular weight excluding hydrogens is 506 g/mol. The molecule has 1 fully saturated rings. The molecule has 1 aliphatic rings. The van der Waals surface area contributed by atoms with E-state index in [-0.39, 0.29) is 18.4 Å². The molecule has 2 aromatic carbocycles. The quantitative estimate of drug-likeness (QED) is 0.332. The lowest BCUT2D eigenvalue weighted by molar-refractivity contribution is -0.125. The first-order valence-electron chi connectivity index (χ1n) is 13.7. The normalized spacial score (nSPS) is 17.8. The molecule has 0 saturated carbocycles. The molecule has 0 radical (unpaired) electrons. The van der Waals surface area contributed by atoms with Crippen LogP contribution in [0.4, 0.5) is 4.79 Å². The molecule has 4 rings (SSSR count). The highest BCUT2D eigenvalue weighted by Crippen LogP contribution is 2.34. The standard InChI is InChI=1S/C32H39N3O5/c1-7-21(2)15-16-33-30(36)28-18-24(20-35(28)31(37)40-32(3,4)5)39-29-19-26(22-11-9-8-10-12-22)34-27-17-23(38-6)13-14-25(27)29/h7-14,17,19,21,24,28H,1,15-16,18,20H2,2-6H3,(H,33,36)/t21-,24-,28+/m1/s1. The number of pyridine rings is 1. The van der Waals surface area contributed by atoms with E-state index in [4.69, 9.17) is 19.2 Å². The number of amides is 2. The van der Waals surface area contributed by atoms with E-state index in [0.29, 0.717) is 24.5 Å². The van der Waals surface area contributed by atoms with Gasteiger partial charge in [0, 0.05) is 36.0 Å². The first-order valence-corrected chi connectivity index (χ1v) is 13.7. The van der Waals surface area contributed by atoms with E-state index in [2.05, 4.69) is 11.9 Å². The molecule has 2 amide bonds. The van der Waals surface area contributed by atoms with Crippen LogP contribution in [-0.2, 0) is 9.53 Å². The zero-order valence-corrected chi connectivity index (χ0v) is 24.0. The van der Waals surface area contributed by atoms with Gasteiger partial charge in [0.2, 0.25) is 5.91 Å². The Labute approximate surface area is 236 Å². The number of rotatable bonds is 9. The lowest BCUT2D eigenvalue weighted by Crippen LogP contribution is -2.47. The van der Waals surface area contributed by atoms with Crippen molar-refractivity contribution in [1.82, 2.24) is 15.2 Å². The third-order valence-corrected chi connectivity index (χ3v) is 6.84. The number of carbonyl (C=O) groups excluding carboxylic acids is 2. The molecule has 0 spiro atoms. The molecule has 0 bridgehead atoms. The Morgan fingerprint density at radius 1 is 1.18 bits per heavy atom. The van der Waals surface area contributed by atoms with Crippen LogP contribution in [0.15, 0.2) is 67.3 Å². The zero-order chi connectivity index (χ0) is 28.9. The molecule has 1 aromatic heterocycles. The third kappa shape index (κ3) is 7.11. The molecule has 8 heteroatoms. The van der Waals surface area contributed by atoms with Crippen molar-refractivity contribution in [2.45, 2.75) is 58.3 Å². The number of aromatic nitrogens is 1. The third-order valence-electron chi connectivity index (χ3n) is 6.84. The molecule has 3 aromatic rings. The van der Waals surface area contributed by atoms with Gasteiger partial charge in [-0.3, -0.25) is 9.69 Å². The largest absolute Gasteiger partial charge is 0.497 e. The number of benzene rings is 2. The van der Waals surface area contributed by atoms with Gasteiger partial charge in [-0.05, 0) is 45.2 Å². The molecule has 0 unspecified atom stereocenters. The minimum Gasteiger partial charge on any atom is -0.497 e. The van der Waals surface area contributed by atoms with E-state index >= 15 is 0 Å². The number of carbonyl (C=O) groups is 2. The van der Waals surface area contributed by atoms with Crippen LogP contribution in [0.5, 0.6) is 11.5 Å². The summed E-state index contributed by atoms with van der Waals surface area (Å²) in [5, 5.41) is 3.79. The maximum atomic E-state index is 13.2. The summed E-state index contributed by atoms with van der Waals surface area (Å²) in [7, 11) is 1.62. The Balaban J connectivity index is 1.62. The van der Waals surface area contributed by atoms with Crippen LogP contribution in [0.25, 0.3) is 22.2 Å². The van der Waals surface area contributed by atoms with Gasteiger partial charge in [-0.15, -0.1) is 6.58 Å². The average molecular weight is 546 g/mol. The zero-order valence-electron chi connectivity index (χ0n) is 24.0. The minimum atomic E-state index is -0.708. The molecule has 3 atom stereocenters. The monoisotopic (exact) mass is 545 g/mol. The Bertz CT molecular complexity index is 1350. The van der Waals surface area contributed by atoms with Gasteiger partial charge in [-0.25, -0.2) is 9.78 Å². The smallest absolute Gasteiger partial charge is 0.411 e. The predicted molar refractivity (Wildman–Crippen MR) is 156 cm³/mol. The van der Waals surface area contributed by atoms with E-state index in [1.54, 1.807) is 7.11 Å². The Kier molecular flexibility index (Phi) is 8.97. The van der Waals surface area contributed by atoms with E-state index in [1.165, 1.54) is 4.90 Å². The summed E-state index contributed by atoms with van der Waals surface area (Å²) in [5.41, 5.74) is 1.73. The van der Waals surface area contributed by atoms with Gasteiger partial charge in [0.05, 0.1) is 24.9 Å². The van der Waals surface area contributed by atoms with Crippen molar-refractivity contribution in [3.63, 3.8) is 0 Å². The maximum Gasteiger partial charge on any atom is 0.411 e. The van der Waals surface area contributed by atoms with E-state index in [9.17, 15) is 9.59 Å². The van der Waals surface area contributed by atoms with Crippen LogP contribution < -0.4 is 14.8 Å². The summed E-state index contributed by atoms with van der Waals surface area (Å²) in [6.45, 7) is 12.0. The second-order valence-corrected chi connectivity index (χ2v) is 11.2.